The van der Waals surface area contributed by atoms with Gasteiger partial charge in [0.05, 0.1) is 5.56 Å². The summed E-state index contributed by atoms with van der Waals surface area (Å²) in [5, 5.41) is 0. The maximum absolute atomic E-state index is 13.1. The molecule has 2 amide bonds. The fourth-order valence-electron chi connectivity index (χ4n) is 2.98. The van der Waals surface area contributed by atoms with Crippen LogP contribution >= 0.6 is 0 Å². The lowest BCUT2D eigenvalue weighted by Crippen LogP contribution is -2.47. The molecule has 1 aromatic carbocycles. The van der Waals surface area contributed by atoms with E-state index in [-0.39, 0.29) is 18.1 Å². The molecular weight excluding hydrogens is 375 g/mol. The van der Waals surface area contributed by atoms with E-state index in [2.05, 4.69) is 4.98 Å². The lowest BCUT2D eigenvalue weighted by Gasteiger charge is -2.26. The van der Waals surface area contributed by atoms with Crippen LogP contribution in [-0.2, 0) is 15.7 Å². The van der Waals surface area contributed by atoms with Crippen molar-refractivity contribution in [2.45, 2.75) is 26.1 Å². The molecule has 28 heavy (non-hydrogen) atoms. The largest absolute Gasteiger partial charge is 0.446 e. The zero-order valence-corrected chi connectivity index (χ0v) is 15.4. The molecule has 2 aromatic rings. The number of alkyl halides is 3. The van der Waals surface area contributed by atoms with Crippen LogP contribution in [0.1, 0.15) is 16.8 Å². The number of pyridine rings is 1. The summed E-state index contributed by atoms with van der Waals surface area (Å²) in [6.07, 6.45) is -5.52. The number of halogens is 3. The Balaban J connectivity index is 1.96. The first-order valence-electron chi connectivity index (χ1n) is 8.44. The maximum Gasteiger partial charge on any atom is 0.416 e. The van der Waals surface area contributed by atoms with Crippen molar-refractivity contribution in [2.24, 2.45) is 0 Å². The lowest BCUT2D eigenvalue weighted by molar-refractivity contribution is -0.137. The fourth-order valence-corrected chi connectivity index (χ4v) is 2.98. The highest BCUT2D eigenvalue weighted by atomic mass is 19.4. The second kappa shape index (κ2) is 7.14. The highest BCUT2D eigenvalue weighted by molar-refractivity contribution is 6.05. The van der Waals surface area contributed by atoms with Gasteiger partial charge in [0.2, 0.25) is 0 Å². The molecule has 0 spiro atoms. The van der Waals surface area contributed by atoms with Gasteiger partial charge in [-0.2, -0.15) is 13.2 Å². The molecule has 0 saturated carbocycles. The monoisotopic (exact) mass is 393 g/mol. The Morgan fingerprint density at radius 3 is 2.61 bits per heavy atom. The number of nitrogens with zero attached hydrogens (tertiary/aromatic N) is 3. The molecule has 148 valence electrons. The van der Waals surface area contributed by atoms with Crippen LogP contribution in [0, 0.1) is 13.8 Å². The highest BCUT2D eigenvalue weighted by Crippen LogP contribution is 2.33. The van der Waals surface area contributed by atoms with Gasteiger partial charge >= 0.3 is 12.3 Å². The van der Waals surface area contributed by atoms with E-state index in [9.17, 15) is 22.8 Å². The van der Waals surface area contributed by atoms with E-state index in [4.69, 9.17) is 4.74 Å². The van der Waals surface area contributed by atoms with Gasteiger partial charge in [-0.05, 0) is 43.7 Å². The number of carbonyl (C=O) groups excluding carboxylic acids is 2. The number of carbonyl (C=O) groups is 2. The minimum atomic E-state index is -4.61. The van der Waals surface area contributed by atoms with Crippen LogP contribution in [-0.4, -0.2) is 36.7 Å². The van der Waals surface area contributed by atoms with Crippen LogP contribution in [0.5, 0.6) is 0 Å². The predicted octanol–water partition coefficient (Wildman–Crippen LogP) is 3.71. The summed E-state index contributed by atoms with van der Waals surface area (Å²) >= 11 is 0. The summed E-state index contributed by atoms with van der Waals surface area (Å²) in [5.41, 5.74) is 0.649. The first kappa shape index (κ1) is 19.7. The van der Waals surface area contributed by atoms with Crippen LogP contribution in [0.2, 0.25) is 0 Å². The number of rotatable bonds is 3. The first-order chi connectivity index (χ1) is 13.1. The molecule has 1 atom stereocenters. The van der Waals surface area contributed by atoms with E-state index < -0.39 is 29.8 Å². The number of hydrogen-bond acceptors (Lipinski definition) is 4. The van der Waals surface area contributed by atoms with Crippen molar-refractivity contribution in [1.29, 1.82) is 0 Å². The highest BCUT2D eigenvalue weighted by Gasteiger charge is 2.42. The third-order valence-corrected chi connectivity index (χ3v) is 4.39. The molecule has 2 heterocycles. The Hall–Kier alpha value is -3.10. The molecule has 3 rings (SSSR count). The molecule has 1 aliphatic rings. The van der Waals surface area contributed by atoms with Crippen LogP contribution in [0.4, 0.5) is 29.5 Å². The molecule has 1 unspecified atom stereocenters. The van der Waals surface area contributed by atoms with Crippen molar-refractivity contribution < 1.29 is 27.5 Å². The lowest BCUT2D eigenvalue weighted by atomic mass is 10.1. The Morgan fingerprint density at radius 1 is 1.25 bits per heavy atom. The number of ether oxygens (including phenoxy) is 1. The van der Waals surface area contributed by atoms with E-state index >= 15 is 0 Å². The van der Waals surface area contributed by atoms with Crippen molar-refractivity contribution >= 4 is 23.5 Å². The van der Waals surface area contributed by atoms with Crippen molar-refractivity contribution in [3.63, 3.8) is 0 Å². The van der Waals surface area contributed by atoms with Gasteiger partial charge in [0.1, 0.15) is 12.4 Å². The molecule has 6 nitrogen and oxygen atoms in total. The number of benzene rings is 1. The number of amides is 2. The average molecular weight is 393 g/mol. The molecule has 0 aliphatic carbocycles. The van der Waals surface area contributed by atoms with E-state index in [1.165, 1.54) is 18.9 Å². The van der Waals surface area contributed by atoms with Crippen LogP contribution in [0.15, 0.2) is 36.4 Å². The number of likely N-dealkylation sites (N-methyl/N-ethyl adjacent to an activating group) is 1. The third-order valence-electron chi connectivity index (χ3n) is 4.39. The second-order valence-corrected chi connectivity index (χ2v) is 6.55. The van der Waals surface area contributed by atoms with E-state index in [0.717, 1.165) is 22.6 Å². The standard InChI is InChI=1S/C19H18F3N3O3/c1-11-5-4-6-14(7-11)24(3)17(26)15-10-28-18(27)25(15)16-9-13(19(20,21)22)8-12(2)23-16/h4-9,15H,10H2,1-3H3. The second-order valence-electron chi connectivity index (χ2n) is 6.55. The average Bonchev–Trinajstić information content (AvgIpc) is 3.00. The molecule has 0 N–H and O–H groups in total. The molecule has 1 aliphatic heterocycles. The molecule has 1 saturated heterocycles. The van der Waals surface area contributed by atoms with Gasteiger partial charge in [0.15, 0.2) is 6.04 Å². The minimum absolute atomic E-state index is 0.0720. The van der Waals surface area contributed by atoms with E-state index in [0.29, 0.717) is 5.69 Å². The summed E-state index contributed by atoms with van der Waals surface area (Å²) < 4.78 is 44.4. The third kappa shape index (κ3) is 3.78. The number of aryl methyl sites for hydroxylation is 2. The van der Waals surface area contributed by atoms with Crippen molar-refractivity contribution in [2.75, 3.05) is 23.5 Å². The van der Waals surface area contributed by atoms with Gasteiger partial charge in [-0.25, -0.2) is 14.7 Å². The van der Waals surface area contributed by atoms with E-state index in [1.807, 2.05) is 13.0 Å². The van der Waals surface area contributed by atoms with Gasteiger partial charge < -0.3 is 9.64 Å². The summed E-state index contributed by atoms with van der Waals surface area (Å²) in [7, 11) is 1.53. The van der Waals surface area contributed by atoms with Gasteiger partial charge in [0.25, 0.3) is 5.91 Å². The molecule has 1 aromatic heterocycles. The summed E-state index contributed by atoms with van der Waals surface area (Å²) in [5.74, 6) is -0.765. The van der Waals surface area contributed by atoms with Crippen LogP contribution in [0.25, 0.3) is 0 Å². The zero-order chi connectivity index (χ0) is 20.6. The fraction of sp³-hybridized carbons (Fsp3) is 0.316. The number of hydrogen-bond donors (Lipinski definition) is 0. The van der Waals surface area contributed by atoms with Crippen LogP contribution < -0.4 is 9.80 Å². The Kier molecular flexibility index (Phi) is 5.01. The minimum Gasteiger partial charge on any atom is -0.446 e. The number of cyclic esters (lactones) is 1. The predicted molar refractivity (Wildman–Crippen MR) is 96.2 cm³/mol. The van der Waals surface area contributed by atoms with Crippen molar-refractivity contribution in [3.8, 4) is 0 Å². The quantitative estimate of drug-likeness (QED) is 0.798. The number of aromatic nitrogens is 1. The number of anilines is 2. The van der Waals surface area contributed by atoms with Gasteiger partial charge in [-0.15, -0.1) is 0 Å². The SMILES string of the molecule is Cc1cccc(N(C)C(=O)C2COC(=O)N2c2cc(C(F)(F)F)cc(C)n2)c1. The van der Waals surface area contributed by atoms with Gasteiger partial charge in [-0.3, -0.25) is 4.79 Å². The zero-order valence-electron chi connectivity index (χ0n) is 15.4. The normalized spacial score (nSPS) is 16.9. The molecular formula is C19H18F3N3O3. The Morgan fingerprint density at radius 2 is 1.96 bits per heavy atom. The molecule has 9 heteroatoms. The van der Waals surface area contributed by atoms with Crippen LogP contribution in [0.3, 0.4) is 0 Å². The Bertz CT molecular complexity index is 930. The molecule has 0 bridgehead atoms. The van der Waals surface area contributed by atoms with Gasteiger partial charge in [0, 0.05) is 18.4 Å². The van der Waals surface area contributed by atoms with Crippen molar-refractivity contribution in [3.05, 3.63) is 53.2 Å². The molecule has 1 fully saturated rings. The van der Waals surface area contributed by atoms with E-state index in [1.54, 1.807) is 18.2 Å². The summed E-state index contributed by atoms with van der Waals surface area (Å²) in [6.45, 7) is 2.98. The summed E-state index contributed by atoms with van der Waals surface area (Å²) in [4.78, 5) is 31.4. The maximum atomic E-state index is 13.1. The van der Waals surface area contributed by atoms with Crippen molar-refractivity contribution in [1.82, 2.24) is 4.98 Å². The smallest absolute Gasteiger partial charge is 0.416 e. The topological polar surface area (TPSA) is 62.7 Å². The summed E-state index contributed by atoms with van der Waals surface area (Å²) in [6, 6.07) is 7.65. The molecule has 0 radical (unpaired) electrons. The first-order valence-corrected chi connectivity index (χ1v) is 8.44. The van der Waals surface area contributed by atoms with Gasteiger partial charge in [-0.1, -0.05) is 12.1 Å². The Labute approximate surface area is 159 Å².